The summed E-state index contributed by atoms with van der Waals surface area (Å²) in [6.07, 6.45) is 5.98. The molecule has 1 aromatic rings. The summed E-state index contributed by atoms with van der Waals surface area (Å²) >= 11 is 1.71. The third kappa shape index (κ3) is 3.19. The molecule has 2 unspecified atom stereocenters. The van der Waals surface area contributed by atoms with Gasteiger partial charge in [-0.3, -0.25) is 0 Å². The van der Waals surface area contributed by atoms with Gasteiger partial charge in [0.1, 0.15) is 0 Å². The number of aryl methyl sites for hydroxylation is 1. The first kappa shape index (κ1) is 11.9. The van der Waals surface area contributed by atoms with Gasteiger partial charge in [0.05, 0.1) is 5.69 Å². The Bertz CT molecular complexity index is 324. The van der Waals surface area contributed by atoms with E-state index in [1.165, 1.54) is 31.4 Å². The highest BCUT2D eigenvalue weighted by atomic mass is 32.1. The van der Waals surface area contributed by atoms with Crippen LogP contribution < -0.4 is 11.1 Å². The molecule has 90 valence electrons. The molecule has 0 amide bonds. The van der Waals surface area contributed by atoms with Gasteiger partial charge in [0.25, 0.3) is 0 Å². The summed E-state index contributed by atoms with van der Waals surface area (Å²) in [4.78, 5) is 4.51. The second-order valence-corrected chi connectivity index (χ2v) is 5.53. The van der Waals surface area contributed by atoms with Gasteiger partial charge in [0, 0.05) is 18.0 Å². The molecule has 4 heteroatoms. The van der Waals surface area contributed by atoms with E-state index in [9.17, 15) is 0 Å². The van der Waals surface area contributed by atoms with Crippen LogP contribution in [0.15, 0.2) is 5.38 Å². The van der Waals surface area contributed by atoms with Gasteiger partial charge in [-0.1, -0.05) is 13.3 Å². The lowest BCUT2D eigenvalue weighted by Crippen LogP contribution is -2.30. The van der Waals surface area contributed by atoms with Crippen molar-refractivity contribution in [1.82, 2.24) is 4.98 Å². The molecule has 3 nitrogen and oxygen atoms in total. The predicted octanol–water partition coefficient (Wildman–Crippen LogP) is 2.63. The number of hydrogen-bond donors (Lipinski definition) is 2. The number of thiazole rings is 1. The average molecular weight is 239 g/mol. The van der Waals surface area contributed by atoms with Crippen LogP contribution in [0.4, 0.5) is 5.13 Å². The lowest BCUT2D eigenvalue weighted by Gasteiger charge is -2.26. The maximum Gasteiger partial charge on any atom is 0.182 e. The quantitative estimate of drug-likeness (QED) is 0.849. The Kier molecular flexibility index (Phi) is 4.18. The highest BCUT2D eigenvalue weighted by Gasteiger charge is 2.19. The Balaban J connectivity index is 1.78. The molecule has 0 spiro atoms. The van der Waals surface area contributed by atoms with E-state index in [1.807, 2.05) is 0 Å². The van der Waals surface area contributed by atoms with Crippen LogP contribution in [0.25, 0.3) is 0 Å². The SMILES string of the molecule is CCc1csc(NCC2CCCC(N)C2)n1. The summed E-state index contributed by atoms with van der Waals surface area (Å²) in [7, 11) is 0. The van der Waals surface area contributed by atoms with Gasteiger partial charge >= 0.3 is 0 Å². The number of nitrogens with two attached hydrogens (primary N) is 1. The number of hydrogen-bond acceptors (Lipinski definition) is 4. The molecule has 1 heterocycles. The van der Waals surface area contributed by atoms with Crippen molar-refractivity contribution in [1.29, 1.82) is 0 Å². The first-order valence-corrected chi connectivity index (χ1v) is 7.09. The monoisotopic (exact) mass is 239 g/mol. The van der Waals surface area contributed by atoms with E-state index in [-0.39, 0.29) is 0 Å². The van der Waals surface area contributed by atoms with Gasteiger partial charge in [-0.05, 0) is 31.6 Å². The Morgan fingerprint density at radius 3 is 3.12 bits per heavy atom. The molecule has 0 bridgehead atoms. The van der Waals surface area contributed by atoms with Crippen LogP contribution >= 0.6 is 11.3 Å². The van der Waals surface area contributed by atoms with E-state index in [0.717, 1.165) is 24.0 Å². The van der Waals surface area contributed by atoms with Crippen molar-refractivity contribution in [2.45, 2.75) is 45.1 Å². The molecule has 3 N–H and O–H groups in total. The summed E-state index contributed by atoms with van der Waals surface area (Å²) in [5.74, 6) is 0.734. The number of aromatic nitrogens is 1. The normalized spacial score (nSPS) is 25.6. The second kappa shape index (κ2) is 5.64. The standard InChI is InChI=1S/C12H21N3S/c1-2-11-8-16-12(15-11)14-7-9-4-3-5-10(13)6-9/h8-10H,2-7,13H2,1H3,(H,14,15). The van der Waals surface area contributed by atoms with Crippen molar-refractivity contribution < 1.29 is 0 Å². The lowest BCUT2D eigenvalue weighted by atomic mass is 9.86. The molecule has 1 aromatic heterocycles. The highest BCUT2D eigenvalue weighted by Crippen LogP contribution is 2.24. The number of nitrogens with zero attached hydrogens (tertiary/aromatic N) is 1. The molecule has 2 rings (SSSR count). The first-order valence-electron chi connectivity index (χ1n) is 6.21. The number of anilines is 1. The zero-order valence-electron chi connectivity index (χ0n) is 9.91. The third-order valence-electron chi connectivity index (χ3n) is 3.28. The van der Waals surface area contributed by atoms with Crippen molar-refractivity contribution >= 4 is 16.5 Å². The minimum absolute atomic E-state index is 0.419. The minimum atomic E-state index is 0.419. The Hall–Kier alpha value is -0.610. The molecule has 0 saturated heterocycles. The molecular formula is C12H21N3S. The summed E-state index contributed by atoms with van der Waals surface area (Å²) < 4.78 is 0. The second-order valence-electron chi connectivity index (χ2n) is 4.67. The predicted molar refractivity (Wildman–Crippen MR) is 69.9 cm³/mol. The van der Waals surface area contributed by atoms with Gasteiger partial charge < -0.3 is 11.1 Å². The molecule has 1 aliphatic rings. The van der Waals surface area contributed by atoms with E-state index in [1.54, 1.807) is 11.3 Å². The fourth-order valence-corrected chi connectivity index (χ4v) is 3.10. The van der Waals surface area contributed by atoms with Crippen LogP contribution in [0.1, 0.15) is 38.3 Å². The van der Waals surface area contributed by atoms with Crippen LogP contribution in [-0.4, -0.2) is 17.6 Å². The minimum Gasteiger partial charge on any atom is -0.361 e. The van der Waals surface area contributed by atoms with Crippen molar-refractivity contribution in [3.63, 3.8) is 0 Å². The summed E-state index contributed by atoms with van der Waals surface area (Å²) in [5, 5.41) is 6.64. The molecule has 2 atom stereocenters. The molecule has 1 fully saturated rings. The number of nitrogens with one attached hydrogen (secondary N) is 1. The number of rotatable bonds is 4. The van der Waals surface area contributed by atoms with Crippen molar-refractivity contribution in [2.24, 2.45) is 11.7 Å². The highest BCUT2D eigenvalue weighted by molar-refractivity contribution is 7.13. The van der Waals surface area contributed by atoms with Crippen molar-refractivity contribution in [3.8, 4) is 0 Å². The Morgan fingerprint density at radius 1 is 1.56 bits per heavy atom. The Labute approximate surface area is 101 Å². The van der Waals surface area contributed by atoms with E-state index in [0.29, 0.717) is 6.04 Å². The summed E-state index contributed by atoms with van der Waals surface area (Å²) in [6.45, 7) is 3.17. The van der Waals surface area contributed by atoms with Crippen LogP contribution in [0.3, 0.4) is 0 Å². The third-order valence-corrected chi connectivity index (χ3v) is 4.13. The average Bonchev–Trinajstić information content (AvgIpc) is 2.74. The molecule has 16 heavy (non-hydrogen) atoms. The van der Waals surface area contributed by atoms with Crippen LogP contribution in [0.5, 0.6) is 0 Å². The van der Waals surface area contributed by atoms with E-state index in [4.69, 9.17) is 5.73 Å². The van der Waals surface area contributed by atoms with Gasteiger partial charge in [0.2, 0.25) is 0 Å². The van der Waals surface area contributed by atoms with Crippen molar-refractivity contribution in [3.05, 3.63) is 11.1 Å². The molecule has 0 aromatic carbocycles. The first-order chi connectivity index (χ1) is 7.78. The molecule has 0 aliphatic heterocycles. The summed E-state index contributed by atoms with van der Waals surface area (Å²) in [6, 6.07) is 0.419. The Morgan fingerprint density at radius 2 is 2.44 bits per heavy atom. The van der Waals surface area contributed by atoms with E-state index in [2.05, 4.69) is 22.6 Å². The molecule has 1 saturated carbocycles. The smallest absolute Gasteiger partial charge is 0.182 e. The fourth-order valence-electron chi connectivity index (χ4n) is 2.30. The van der Waals surface area contributed by atoms with Gasteiger partial charge in [-0.25, -0.2) is 4.98 Å². The molecule has 0 radical (unpaired) electrons. The fraction of sp³-hybridized carbons (Fsp3) is 0.750. The zero-order valence-corrected chi connectivity index (χ0v) is 10.7. The van der Waals surface area contributed by atoms with E-state index >= 15 is 0 Å². The van der Waals surface area contributed by atoms with Crippen LogP contribution in [0.2, 0.25) is 0 Å². The van der Waals surface area contributed by atoms with Crippen molar-refractivity contribution in [2.75, 3.05) is 11.9 Å². The topological polar surface area (TPSA) is 50.9 Å². The van der Waals surface area contributed by atoms with E-state index < -0.39 is 0 Å². The summed E-state index contributed by atoms with van der Waals surface area (Å²) in [5.41, 5.74) is 7.17. The van der Waals surface area contributed by atoms with Gasteiger partial charge in [-0.15, -0.1) is 11.3 Å². The zero-order chi connectivity index (χ0) is 11.4. The van der Waals surface area contributed by atoms with Crippen LogP contribution in [0, 0.1) is 5.92 Å². The maximum atomic E-state index is 5.98. The maximum absolute atomic E-state index is 5.98. The van der Waals surface area contributed by atoms with Gasteiger partial charge in [-0.2, -0.15) is 0 Å². The van der Waals surface area contributed by atoms with Gasteiger partial charge in [0.15, 0.2) is 5.13 Å². The largest absolute Gasteiger partial charge is 0.361 e. The lowest BCUT2D eigenvalue weighted by molar-refractivity contribution is 0.335. The van der Waals surface area contributed by atoms with Crippen LogP contribution in [-0.2, 0) is 6.42 Å². The molecular weight excluding hydrogens is 218 g/mol. The molecule has 1 aliphatic carbocycles.